The Bertz CT molecular complexity index is 1320. The first kappa shape index (κ1) is 76.6. The van der Waals surface area contributed by atoms with Crippen molar-refractivity contribution in [3.63, 3.8) is 0 Å². The Morgan fingerprint density at radius 2 is 0.456 bits per heavy atom. The van der Waals surface area contributed by atoms with Crippen molar-refractivity contribution in [2.24, 2.45) is 0 Å². The SMILES string of the molecule is CCCCCC/C=C\C/C=C\CCCCCCCCCC(=O)OC(COC(=O)CCCCCCC/C=C\CCCCCCC)COC(=O)CCCCCCCCCCCCCCCCCCCCCCCCCCCCCCC. The van der Waals surface area contributed by atoms with Crippen molar-refractivity contribution in [1.29, 1.82) is 0 Å². The van der Waals surface area contributed by atoms with Gasteiger partial charge in [-0.15, -0.1) is 0 Å². The summed E-state index contributed by atoms with van der Waals surface area (Å²) >= 11 is 0. The molecular formula is C73H136O6. The molecule has 0 aliphatic heterocycles. The van der Waals surface area contributed by atoms with E-state index in [1.165, 1.54) is 276 Å². The van der Waals surface area contributed by atoms with E-state index in [1.807, 2.05) is 0 Å². The molecular weight excluding hydrogens is 973 g/mol. The van der Waals surface area contributed by atoms with Crippen molar-refractivity contribution in [2.75, 3.05) is 13.2 Å². The topological polar surface area (TPSA) is 78.9 Å². The highest BCUT2D eigenvalue weighted by atomic mass is 16.6. The van der Waals surface area contributed by atoms with Crippen molar-refractivity contribution in [3.8, 4) is 0 Å². The quantitative estimate of drug-likeness (QED) is 0.0261. The summed E-state index contributed by atoms with van der Waals surface area (Å²) in [6.45, 7) is 6.67. The smallest absolute Gasteiger partial charge is 0.306 e. The number of esters is 3. The van der Waals surface area contributed by atoms with Crippen LogP contribution in [0.15, 0.2) is 36.5 Å². The first-order valence-corrected chi connectivity index (χ1v) is 35.5. The molecule has 0 aromatic rings. The largest absolute Gasteiger partial charge is 0.462 e. The van der Waals surface area contributed by atoms with E-state index in [2.05, 4.69) is 57.2 Å². The van der Waals surface area contributed by atoms with Crippen LogP contribution in [-0.2, 0) is 28.6 Å². The maximum absolute atomic E-state index is 12.9. The van der Waals surface area contributed by atoms with Gasteiger partial charge in [-0.3, -0.25) is 14.4 Å². The summed E-state index contributed by atoms with van der Waals surface area (Å²) in [5, 5.41) is 0. The number of hydrogen-bond acceptors (Lipinski definition) is 6. The molecule has 0 bridgehead atoms. The van der Waals surface area contributed by atoms with E-state index in [0.29, 0.717) is 19.3 Å². The van der Waals surface area contributed by atoms with E-state index in [0.717, 1.165) is 77.0 Å². The van der Waals surface area contributed by atoms with Gasteiger partial charge in [-0.25, -0.2) is 0 Å². The fourth-order valence-electron chi connectivity index (χ4n) is 10.8. The third-order valence-corrected chi connectivity index (χ3v) is 16.1. The van der Waals surface area contributed by atoms with E-state index in [-0.39, 0.29) is 31.1 Å². The van der Waals surface area contributed by atoms with Gasteiger partial charge in [0.1, 0.15) is 13.2 Å². The van der Waals surface area contributed by atoms with E-state index < -0.39 is 6.10 Å². The molecule has 0 aliphatic carbocycles. The van der Waals surface area contributed by atoms with Crippen LogP contribution in [0.4, 0.5) is 0 Å². The maximum Gasteiger partial charge on any atom is 0.306 e. The molecule has 0 amide bonds. The van der Waals surface area contributed by atoms with Crippen LogP contribution in [0.1, 0.15) is 393 Å². The van der Waals surface area contributed by atoms with Crippen molar-refractivity contribution in [1.82, 2.24) is 0 Å². The van der Waals surface area contributed by atoms with Crippen LogP contribution >= 0.6 is 0 Å². The van der Waals surface area contributed by atoms with E-state index in [9.17, 15) is 14.4 Å². The number of hydrogen-bond donors (Lipinski definition) is 0. The Labute approximate surface area is 493 Å². The lowest BCUT2D eigenvalue weighted by Gasteiger charge is -2.18. The van der Waals surface area contributed by atoms with Crippen molar-refractivity contribution in [3.05, 3.63) is 36.5 Å². The van der Waals surface area contributed by atoms with Gasteiger partial charge in [-0.2, -0.15) is 0 Å². The van der Waals surface area contributed by atoms with Gasteiger partial charge in [0.2, 0.25) is 0 Å². The molecule has 0 saturated heterocycles. The molecule has 0 aliphatic rings. The van der Waals surface area contributed by atoms with Crippen molar-refractivity contribution < 1.29 is 28.6 Å². The maximum atomic E-state index is 12.9. The van der Waals surface area contributed by atoms with Gasteiger partial charge in [0.05, 0.1) is 0 Å². The molecule has 0 aromatic heterocycles. The monoisotopic (exact) mass is 1110 g/mol. The van der Waals surface area contributed by atoms with Gasteiger partial charge >= 0.3 is 17.9 Å². The first-order chi connectivity index (χ1) is 39.0. The molecule has 0 fully saturated rings. The summed E-state index contributed by atoms with van der Waals surface area (Å²) in [5.41, 5.74) is 0. The highest BCUT2D eigenvalue weighted by Gasteiger charge is 2.19. The van der Waals surface area contributed by atoms with Gasteiger partial charge in [0.15, 0.2) is 6.10 Å². The second kappa shape index (κ2) is 68.1. The standard InChI is InChI=1S/C73H136O6/c1-4-7-10-13-16-19-22-25-28-30-32-33-34-35-36-37-38-39-40-41-42-44-45-48-51-54-57-60-63-66-72(75)78-69-70(68-77-71(74)65-62-59-56-53-50-47-27-24-21-18-15-12-9-6-3)79-73(76)67-64-61-58-55-52-49-46-43-31-29-26-23-20-17-14-11-8-5-2/h20,23-24,27,29,31,70H,4-19,21-22,25-26,28,30,32-69H2,1-3H3/b23-20-,27-24-,31-29-. The molecule has 464 valence electrons. The van der Waals surface area contributed by atoms with Crippen molar-refractivity contribution >= 4 is 17.9 Å². The average molecular weight is 1110 g/mol. The van der Waals surface area contributed by atoms with Gasteiger partial charge in [-0.05, 0) is 77.0 Å². The lowest BCUT2D eigenvalue weighted by Crippen LogP contribution is -2.30. The molecule has 1 unspecified atom stereocenters. The van der Waals surface area contributed by atoms with Gasteiger partial charge in [-0.1, -0.05) is 333 Å². The Balaban J connectivity index is 4.19. The lowest BCUT2D eigenvalue weighted by molar-refractivity contribution is -0.167. The lowest BCUT2D eigenvalue weighted by atomic mass is 10.0. The minimum absolute atomic E-state index is 0.0737. The Hall–Kier alpha value is -2.37. The second-order valence-electron chi connectivity index (χ2n) is 24.1. The highest BCUT2D eigenvalue weighted by Crippen LogP contribution is 2.19. The third kappa shape index (κ3) is 66.3. The Morgan fingerprint density at radius 1 is 0.253 bits per heavy atom. The van der Waals surface area contributed by atoms with E-state index >= 15 is 0 Å². The fraction of sp³-hybridized carbons (Fsp3) is 0.877. The summed E-state index contributed by atoms with van der Waals surface area (Å²) < 4.78 is 17.0. The Morgan fingerprint density at radius 3 is 0.722 bits per heavy atom. The number of rotatable bonds is 66. The van der Waals surface area contributed by atoms with E-state index in [4.69, 9.17) is 14.2 Å². The van der Waals surface area contributed by atoms with Crippen LogP contribution in [0.5, 0.6) is 0 Å². The zero-order chi connectivity index (χ0) is 57.1. The summed E-state index contributed by atoms with van der Waals surface area (Å²) in [6, 6.07) is 0. The van der Waals surface area contributed by atoms with E-state index in [1.54, 1.807) is 0 Å². The van der Waals surface area contributed by atoms with Gasteiger partial charge in [0, 0.05) is 19.3 Å². The minimum atomic E-state index is -0.779. The molecule has 0 saturated carbocycles. The molecule has 0 rings (SSSR count). The van der Waals surface area contributed by atoms with Crippen LogP contribution < -0.4 is 0 Å². The highest BCUT2D eigenvalue weighted by molar-refractivity contribution is 5.71. The zero-order valence-electron chi connectivity index (χ0n) is 53.4. The van der Waals surface area contributed by atoms with Gasteiger partial charge < -0.3 is 14.2 Å². The number of carbonyl (C=O) groups is 3. The number of ether oxygens (including phenoxy) is 3. The molecule has 0 heterocycles. The third-order valence-electron chi connectivity index (χ3n) is 16.1. The zero-order valence-corrected chi connectivity index (χ0v) is 53.4. The van der Waals surface area contributed by atoms with Crippen LogP contribution in [-0.4, -0.2) is 37.2 Å². The summed E-state index contributed by atoms with van der Waals surface area (Å²) in [5.74, 6) is -0.864. The fourth-order valence-corrected chi connectivity index (χ4v) is 10.8. The van der Waals surface area contributed by atoms with Crippen molar-refractivity contribution in [2.45, 2.75) is 399 Å². The number of unbranched alkanes of at least 4 members (excludes halogenated alkanes) is 49. The molecule has 0 radical (unpaired) electrons. The predicted octanol–water partition coefficient (Wildman–Crippen LogP) is 24.3. The van der Waals surface area contributed by atoms with Crippen LogP contribution in [0.2, 0.25) is 0 Å². The average Bonchev–Trinajstić information content (AvgIpc) is 3.45. The summed E-state index contributed by atoms with van der Waals surface area (Å²) in [4.78, 5) is 38.4. The predicted molar refractivity (Wildman–Crippen MR) is 344 cm³/mol. The van der Waals surface area contributed by atoms with Crippen LogP contribution in [0.3, 0.4) is 0 Å². The molecule has 1 atom stereocenters. The summed E-state index contributed by atoms with van der Waals surface area (Å²) in [6.07, 6.45) is 84.7. The second-order valence-corrected chi connectivity index (χ2v) is 24.1. The van der Waals surface area contributed by atoms with Crippen LogP contribution in [0, 0.1) is 0 Å². The number of allylic oxidation sites excluding steroid dienone is 6. The first-order valence-electron chi connectivity index (χ1n) is 35.5. The molecule has 0 spiro atoms. The molecule has 0 aromatic carbocycles. The molecule has 6 heteroatoms. The molecule has 79 heavy (non-hydrogen) atoms. The number of carbonyl (C=O) groups excluding carboxylic acids is 3. The summed E-state index contributed by atoms with van der Waals surface area (Å²) in [7, 11) is 0. The van der Waals surface area contributed by atoms with Gasteiger partial charge in [0.25, 0.3) is 0 Å². The van der Waals surface area contributed by atoms with Crippen LogP contribution in [0.25, 0.3) is 0 Å². The molecule has 0 N–H and O–H groups in total. The molecule has 6 nitrogen and oxygen atoms in total. The normalized spacial score (nSPS) is 12.2. The Kier molecular flexibility index (Phi) is 66.1. The minimum Gasteiger partial charge on any atom is -0.462 e.